The van der Waals surface area contributed by atoms with E-state index < -0.39 is 0 Å². The van der Waals surface area contributed by atoms with Crippen molar-refractivity contribution >= 4 is 22.6 Å². The number of fused-ring (bicyclic) bond motifs is 1. The first-order chi connectivity index (χ1) is 8.59. The predicted molar refractivity (Wildman–Crippen MR) is 86.5 cm³/mol. The van der Waals surface area contributed by atoms with Crippen LogP contribution in [0.4, 0.5) is 0 Å². The first-order valence-corrected chi connectivity index (χ1v) is 8.37. The molecule has 3 heteroatoms. The van der Waals surface area contributed by atoms with Crippen LogP contribution >= 0.6 is 22.6 Å². The number of rotatable bonds is 2. The van der Waals surface area contributed by atoms with E-state index in [2.05, 4.69) is 43.4 Å². The third kappa shape index (κ3) is 3.65. The highest BCUT2D eigenvalue weighted by molar-refractivity contribution is 14.1. The lowest BCUT2D eigenvalue weighted by atomic mass is 9.91. The first kappa shape index (κ1) is 15.9. The molecule has 0 radical (unpaired) electrons. The number of aromatic nitrogens is 2. The number of hydrogen-bond donors (Lipinski definition) is 0. The number of halogens is 1. The van der Waals surface area contributed by atoms with Gasteiger partial charge in [-0.05, 0) is 44.1 Å². The summed E-state index contributed by atoms with van der Waals surface area (Å²) in [6, 6.07) is 0. The first-order valence-electron chi connectivity index (χ1n) is 7.13. The molecule has 102 valence electrons. The van der Waals surface area contributed by atoms with Gasteiger partial charge in [-0.1, -0.05) is 50.3 Å². The average Bonchev–Trinajstić information content (AvgIpc) is 2.39. The van der Waals surface area contributed by atoms with Gasteiger partial charge in [0.25, 0.3) is 0 Å². The van der Waals surface area contributed by atoms with Gasteiger partial charge in [-0.2, -0.15) is 0 Å². The van der Waals surface area contributed by atoms with E-state index in [1.54, 1.807) is 0 Å². The lowest BCUT2D eigenvalue weighted by molar-refractivity contribution is 0.630. The fourth-order valence-electron chi connectivity index (χ4n) is 2.30. The molecule has 1 heterocycles. The van der Waals surface area contributed by atoms with Crippen molar-refractivity contribution in [3.8, 4) is 0 Å². The molecule has 0 N–H and O–H groups in total. The van der Waals surface area contributed by atoms with Crippen molar-refractivity contribution in [2.75, 3.05) is 0 Å². The van der Waals surface area contributed by atoms with Gasteiger partial charge in [-0.3, -0.25) is 0 Å². The second-order valence-corrected chi connectivity index (χ2v) is 6.74. The molecule has 0 aliphatic heterocycles. The number of nitrogens with zero attached hydrogens (tertiary/aromatic N) is 2. The van der Waals surface area contributed by atoms with Crippen molar-refractivity contribution in [3.63, 3.8) is 0 Å². The Balaban J connectivity index is 0.000000771. The van der Waals surface area contributed by atoms with E-state index in [1.807, 2.05) is 13.8 Å². The topological polar surface area (TPSA) is 25.8 Å². The quantitative estimate of drug-likeness (QED) is 0.548. The molecular formula is C15H25IN2. The molecule has 1 aliphatic carbocycles. The molecule has 0 spiro atoms. The zero-order chi connectivity index (χ0) is 13.7. The van der Waals surface area contributed by atoms with Gasteiger partial charge in [0.15, 0.2) is 0 Å². The molecular weight excluding hydrogens is 335 g/mol. The molecule has 2 rings (SSSR count). The second kappa shape index (κ2) is 7.41. The number of alkyl halides is 1. The van der Waals surface area contributed by atoms with Crippen LogP contribution in [0.3, 0.4) is 0 Å². The largest absolute Gasteiger partial charge is 0.237 e. The van der Waals surface area contributed by atoms with Gasteiger partial charge in [0.05, 0.1) is 9.62 Å². The summed E-state index contributed by atoms with van der Waals surface area (Å²) in [4.78, 5) is 9.50. The molecule has 1 aliphatic rings. The maximum atomic E-state index is 4.77. The van der Waals surface area contributed by atoms with Crippen LogP contribution in [0.15, 0.2) is 0 Å². The van der Waals surface area contributed by atoms with E-state index >= 15 is 0 Å². The molecule has 18 heavy (non-hydrogen) atoms. The molecule has 1 aromatic rings. The van der Waals surface area contributed by atoms with Gasteiger partial charge in [0.1, 0.15) is 5.82 Å². The summed E-state index contributed by atoms with van der Waals surface area (Å²) >= 11 is 2.40. The van der Waals surface area contributed by atoms with Crippen LogP contribution in [-0.2, 0) is 12.8 Å². The van der Waals surface area contributed by atoms with Crippen LogP contribution < -0.4 is 0 Å². The normalized spacial score (nSPS) is 15.7. The summed E-state index contributed by atoms with van der Waals surface area (Å²) in [6.07, 6.45) is 4.92. The van der Waals surface area contributed by atoms with Gasteiger partial charge in [-0.15, -0.1) is 0 Å². The zero-order valence-corrected chi connectivity index (χ0v) is 14.4. The fourth-order valence-corrected chi connectivity index (χ4v) is 2.58. The van der Waals surface area contributed by atoms with Gasteiger partial charge in [-0.25, -0.2) is 9.97 Å². The minimum Gasteiger partial charge on any atom is -0.237 e. The Morgan fingerprint density at radius 2 is 1.61 bits per heavy atom. The maximum Gasteiger partial charge on any atom is 0.141 e. The van der Waals surface area contributed by atoms with E-state index in [-0.39, 0.29) is 0 Å². The Morgan fingerprint density at radius 3 is 2.17 bits per heavy atom. The van der Waals surface area contributed by atoms with Crippen LogP contribution in [0.1, 0.15) is 80.1 Å². The lowest BCUT2D eigenvalue weighted by Crippen LogP contribution is -2.14. The molecule has 0 bridgehead atoms. The SMILES string of the molecule is CC.CC(C)c1nc(C(C)I)nc2c1CCCC2. The maximum absolute atomic E-state index is 4.77. The van der Waals surface area contributed by atoms with Crippen molar-refractivity contribution in [2.24, 2.45) is 0 Å². The van der Waals surface area contributed by atoms with Gasteiger partial charge >= 0.3 is 0 Å². The summed E-state index contributed by atoms with van der Waals surface area (Å²) in [5, 5.41) is 0. The Bertz CT molecular complexity index is 386. The lowest BCUT2D eigenvalue weighted by Gasteiger charge is -2.21. The van der Waals surface area contributed by atoms with Crippen LogP contribution in [0.25, 0.3) is 0 Å². The van der Waals surface area contributed by atoms with Crippen molar-refractivity contribution < 1.29 is 0 Å². The Kier molecular flexibility index (Phi) is 6.53. The van der Waals surface area contributed by atoms with Gasteiger partial charge < -0.3 is 0 Å². The van der Waals surface area contributed by atoms with Gasteiger partial charge in [0, 0.05) is 5.69 Å². The van der Waals surface area contributed by atoms with Crippen LogP contribution in [0.2, 0.25) is 0 Å². The molecule has 0 saturated heterocycles. The minimum atomic E-state index is 0.405. The molecule has 2 nitrogen and oxygen atoms in total. The van der Waals surface area contributed by atoms with Crippen LogP contribution in [0, 0.1) is 0 Å². The molecule has 0 aromatic carbocycles. The van der Waals surface area contributed by atoms with Crippen molar-refractivity contribution in [3.05, 3.63) is 22.8 Å². The van der Waals surface area contributed by atoms with E-state index in [0.29, 0.717) is 9.84 Å². The Morgan fingerprint density at radius 1 is 1.00 bits per heavy atom. The fraction of sp³-hybridized carbons (Fsp3) is 0.733. The summed E-state index contributed by atoms with van der Waals surface area (Å²) in [5.41, 5.74) is 4.06. The summed E-state index contributed by atoms with van der Waals surface area (Å²) < 4.78 is 0.405. The van der Waals surface area contributed by atoms with E-state index in [1.165, 1.54) is 36.2 Å². The Labute approximate surface area is 125 Å². The monoisotopic (exact) mass is 360 g/mol. The van der Waals surface area contributed by atoms with E-state index in [9.17, 15) is 0 Å². The molecule has 1 unspecified atom stereocenters. The van der Waals surface area contributed by atoms with E-state index in [4.69, 9.17) is 9.97 Å². The van der Waals surface area contributed by atoms with Crippen LogP contribution in [0.5, 0.6) is 0 Å². The van der Waals surface area contributed by atoms with Crippen molar-refractivity contribution in [1.82, 2.24) is 9.97 Å². The smallest absolute Gasteiger partial charge is 0.141 e. The average molecular weight is 360 g/mol. The van der Waals surface area contributed by atoms with Crippen molar-refractivity contribution in [2.45, 2.75) is 70.1 Å². The molecule has 0 amide bonds. The van der Waals surface area contributed by atoms with Crippen molar-refractivity contribution in [1.29, 1.82) is 0 Å². The molecule has 1 atom stereocenters. The molecule has 0 saturated carbocycles. The molecule has 1 aromatic heterocycles. The van der Waals surface area contributed by atoms with Gasteiger partial charge in [0.2, 0.25) is 0 Å². The standard InChI is InChI=1S/C13H19IN2.C2H6/c1-8(2)12-10-6-4-5-7-11(10)15-13(16-12)9(3)14;1-2/h8-9H,4-7H2,1-3H3;1-2H3. The summed E-state index contributed by atoms with van der Waals surface area (Å²) in [6.45, 7) is 10.6. The third-order valence-electron chi connectivity index (χ3n) is 3.14. The Hall–Kier alpha value is -0.190. The highest BCUT2D eigenvalue weighted by Gasteiger charge is 2.20. The highest BCUT2D eigenvalue weighted by atomic mass is 127. The summed E-state index contributed by atoms with van der Waals surface area (Å²) in [7, 11) is 0. The summed E-state index contributed by atoms with van der Waals surface area (Å²) in [5.74, 6) is 1.54. The second-order valence-electron chi connectivity index (χ2n) is 4.87. The van der Waals surface area contributed by atoms with E-state index in [0.717, 1.165) is 12.2 Å². The number of aryl methyl sites for hydroxylation is 1. The highest BCUT2D eigenvalue weighted by Crippen LogP contribution is 2.29. The number of hydrogen-bond acceptors (Lipinski definition) is 2. The zero-order valence-electron chi connectivity index (χ0n) is 12.3. The molecule has 0 fully saturated rings. The van der Waals surface area contributed by atoms with Crippen LogP contribution in [-0.4, -0.2) is 9.97 Å². The minimum absolute atomic E-state index is 0.405. The third-order valence-corrected chi connectivity index (χ3v) is 3.69. The predicted octanol–water partition coefficient (Wildman–Crippen LogP) is 5.00.